The summed E-state index contributed by atoms with van der Waals surface area (Å²) in [7, 11) is 1.66. The van der Waals surface area contributed by atoms with Crippen molar-refractivity contribution in [3.05, 3.63) is 22.7 Å². The molecule has 2 aliphatic rings. The van der Waals surface area contributed by atoms with Crippen molar-refractivity contribution in [3.63, 3.8) is 0 Å². The largest absolute Gasteiger partial charge is 0.466 e. The molecule has 144 valence electrons. The van der Waals surface area contributed by atoms with Crippen molar-refractivity contribution in [2.75, 3.05) is 40.2 Å². The second-order valence-corrected chi connectivity index (χ2v) is 7.26. The van der Waals surface area contributed by atoms with Gasteiger partial charge in [0.2, 0.25) is 6.79 Å². The van der Waals surface area contributed by atoms with Crippen LogP contribution in [0.1, 0.15) is 31.7 Å². The zero-order valence-electron chi connectivity index (χ0n) is 15.4. The van der Waals surface area contributed by atoms with Gasteiger partial charge in [-0.2, -0.15) is 0 Å². The summed E-state index contributed by atoms with van der Waals surface area (Å²) in [5, 5.41) is 0.651. The number of hydrogen-bond donors (Lipinski definition) is 0. The fourth-order valence-corrected chi connectivity index (χ4v) is 3.95. The molecule has 2 aliphatic heterocycles. The van der Waals surface area contributed by atoms with Crippen LogP contribution in [0.4, 0.5) is 0 Å². The summed E-state index contributed by atoms with van der Waals surface area (Å²) in [6, 6.07) is 3.73. The number of carbonyl (C=O) groups is 1. The van der Waals surface area contributed by atoms with E-state index in [1.165, 1.54) is 0 Å². The smallest absolute Gasteiger partial charge is 0.313 e. The number of benzene rings is 1. The molecule has 1 saturated heterocycles. The van der Waals surface area contributed by atoms with Gasteiger partial charge in [0.15, 0.2) is 11.5 Å². The topological polar surface area (TPSA) is 57.2 Å². The van der Waals surface area contributed by atoms with Crippen LogP contribution >= 0.6 is 11.6 Å². The van der Waals surface area contributed by atoms with E-state index in [4.69, 9.17) is 30.5 Å². The molecular weight excluding hydrogens is 358 g/mol. The minimum atomic E-state index is -0.521. The van der Waals surface area contributed by atoms with E-state index in [0.717, 1.165) is 30.7 Å². The Kier molecular flexibility index (Phi) is 6.27. The lowest BCUT2D eigenvalue weighted by Gasteiger charge is -2.41. The molecule has 7 heteroatoms. The minimum Gasteiger partial charge on any atom is -0.466 e. The summed E-state index contributed by atoms with van der Waals surface area (Å²) in [6.07, 6.45) is 2.42. The molecule has 3 rings (SSSR count). The number of esters is 1. The van der Waals surface area contributed by atoms with E-state index in [9.17, 15) is 4.79 Å². The van der Waals surface area contributed by atoms with E-state index in [-0.39, 0.29) is 12.8 Å². The first-order valence-corrected chi connectivity index (χ1v) is 9.42. The van der Waals surface area contributed by atoms with Crippen LogP contribution in [0.15, 0.2) is 12.1 Å². The van der Waals surface area contributed by atoms with E-state index < -0.39 is 5.41 Å². The first-order valence-electron chi connectivity index (χ1n) is 9.04. The van der Waals surface area contributed by atoms with Crippen molar-refractivity contribution in [3.8, 4) is 11.5 Å². The Morgan fingerprint density at radius 2 is 2.12 bits per heavy atom. The Bertz CT molecular complexity index is 653. The van der Waals surface area contributed by atoms with Crippen LogP contribution in [0.3, 0.4) is 0 Å². The van der Waals surface area contributed by atoms with Crippen LogP contribution in [0, 0.1) is 5.41 Å². The molecule has 2 heterocycles. The summed E-state index contributed by atoms with van der Waals surface area (Å²) in [5.41, 5.74) is 0.454. The highest BCUT2D eigenvalue weighted by molar-refractivity contribution is 6.31. The van der Waals surface area contributed by atoms with Crippen LogP contribution in [-0.4, -0.2) is 51.1 Å². The standard InChI is InChI=1S/C19H26ClNO5/c1-3-24-18(22)19(6-8-23-2)5-4-7-21(12-19)11-14-9-16-17(10-15(14)20)26-13-25-16/h9-10H,3-8,11-13H2,1-2H3. The van der Waals surface area contributed by atoms with Gasteiger partial charge >= 0.3 is 5.97 Å². The molecule has 1 fully saturated rings. The maximum absolute atomic E-state index is 12.7. The van der Waals surface area contributed by atoms with Gasteiger partial charge in [-0.05, 0) is 44.4 Å². The second-order valence-electron chi connectivity index (χ2n) is 6.85. The highest BCUT2D eigenvalue weighted by Gasteiger charge is 2.43. The average molecular weight is 384 g/mol. The number of piperidine rings is 1. The summed E-state index contributed by atoms with van der Waals surface area (Å²) >= 11 is 6.42. The molecule has 0 saturated carbocycles. The Morgan fingerprint density at radius 1 is 1.35 bits per heavy atom. The van der Waals surface area contributed by atoms with Gasteiger partial charge < -0.3 is 18.9 Å². The van der Waals surface area contributed by atoms with Gasteiger partial charge in [0.05, 0.1) is 12.0 Å². The lowest BCUT2D eigenvalue weighted by molar-refractivity contribution is -0.160. The first kappa shape index (κ1) is 19.3. The summed E-state index contributed by atoms with van der Waals surface area (Å²) in [4.78, 5) is 14.9. The zero-order chi connectivity index (χ0) is 18.6. The molecular formula is C19H26ClNO5. The fourth-order valence-electron chi connectivity index (χ4n) is 3.74. The highest BCUT2D eigenvalue weighted by atomic mass is 35.5. The van der Waals surface area contributed by atoms with Gasteiger partial charge in [0, 0.05) is 37.9 Å². The number of rotatable bonds is 7. The van der Waals surface area contributed by atoms with Crippen LogP contribution in [0.5, 0.6) is 11.5 Å². The number of carbonyl (C=O) groups excluding carboxylic acids is 1. The zero-order valence-corrected chi connectivity index (χ0v) is 16.1. The molecule has 0 radical (unpaired) electrons. The molecule has 1 aromatic carbocycles. The number of fused-ring (bicyclic) bond motifs is 1. The monoisotopic (exact) mass is 383 g/mol. The van der Waals surface area contributed by atoms with Gasteiger partial charge in [-0.25, -0.2) is 0 Å². The van der Waals surface area contributed by atoms with E-state index in [0.29, 0.717) is 43.5 Å². The third-order valence-corrected chi connectivity index (χ3v) is 5.44. The normalized spacial score (nSPS) is 22.4. The average Bonchev–Trinajstić information content (AvgIpc) is 3.08. The third kappa shape index (κ3) is 4.08. The Morgan fingerprint density at radius 3 is 2.85 bits per heavy atom. The van der Waals surface area contributed by atoms with E-state index >= 15 is 0 Å². The molecule has 0 bridgehead atoms. The van der Waals surface area contributed by atoms with Crippen LogP contribution in [0.2, 0.25) is 5.02 Å². The van der Waals surface area contributed by atoms with Gasteiger partial charge in [-0.15, -0.1) is 0 Å². The van der Waals surface area contributed by atoms with Crippen LogP contribution in [0.25, 0.3) is 0 Å². The number of likely N-dealkylation sites (tertiary alicyclic amines) is 1. The maximum Gasteiger partial charge on any atom is 0.313 e. The second kappa shape index (κ2) is 8.46. The number of methoxy groups -OCH3 is 1. The lowest BCUT2D eigenvalue weighted by Crippen LogP contribution is -2.48. The van der Waals surface area contributed by atoms with Crippen LogP contribution < -0.4 is 9.47 Å². The molecule has 1 atom stereocenters. The van der Waals surface area contributed by atoms with Crippen molar-refractivity contribution in [1.82, 2.24) is 4.90 Å². The molecule has 6 nitrogen and oxygen atoms in total. The van der Waals surface area contributed by atoms with Crippen molar-refractivity contribution in [2.24, 2.45) is 5.41 Å². The molecule has 0 N–H and O–H groups in total. The molecule has 0 spiro atoms. The van der Waals surface area contributed by atoms with E-state index in [2.05, 4.69) is 4.90 Å². The van der Waals surface area contributed by atoms with Crippen LogP contribution in [-0.2, 0) is 20.8 Å². The van der Waals surface area contributed by atoms with Crippen molar-refractivity contribution in [2.45, 2.75) is 32.7 Å². The predicted octanol–water partition coefficient (Wildman–Crippen LogP) is 3.25. The van der Waals surface area contributed by atoms with Crippen molar-refractivity contribution in [1.29, 1.82) is 0 Å². The van der Waals surface area contributed by atoms with E-state index in [1.807, 2.05) is 13.0 Å². The van der Waals surface area contributed by atoms with Gasteiger partial charge in [0.1, 0.15) is 0 Å². The van der Waals surface area contributed by atoms with Gasteiger partial charge in [-0.1, -0.05) is 11.6 Å². The molecule has 0 aliphatic carbocycles. The first-order chi connectivity index (χ1) is 12.6. The van der Waals surface area contributed by atoms with Crippen molar-refractivity contribution >= 4 is 17.6 Å². The van der Waals surface area contributed by atoms with Gasteiger partial charge in [0.25, 0.3) is 0 Å². The predicted molar refractivity (Wildman–Crippen MR) is 97.6 cm³/mol. The Labute approximate surface area is 159 Å². The summed E-state index contributed by atoms with van der Waals surface area (Å²) in [5.74, 6) is 1.27. The van der Waals surface area contributed by atoms with Crippen molar-refractivity contribution < 1.29 is 23.7 Å². The van der Waals surface area contributed by atoms with Gasteiger partial charge in [-0.3, -0.25) is 9.69 Å². The molecule has 26 heavy (non-hydrogen) atoms. The maximum atomic E-state index is 12.7. The molecule has 0 aromatic heterocycles. The number of ether oxygens (including phenoxy) is 4. The lowest BCUT2D eigenvalue weighted by atomic mass is 9.77. The molecule has 1 unspecified atom stereocenters. The molecule has 1 aromatic rings. The third-order valence-electron chi connectivity index (χ3n) is 5.08. The highest BCUT2D eigenvalue weighted by Crippen LogP contribution is 2.39. The summed E-state index contributed by atoms with van der Waals surface area (Å²) in [6.45, 7) is 5.21. The fraction of sp³-hybridized carbons (Fsp3) is 0.632. The number of nitrogens with zero attached hydrogens (tertiary/aromatic N) is 1. The SMILES string of the molecule is CCOC(=O)C1(CCOC)CCCN(Cc2cc3c(cc2Cl)OCO3)C1. The molecule has 0 amide bonds. The van der Waals surface area contributed by atoms with E-state index in [1.54, 1.807) is 13.2 Å². The summed E-state index contributed by atoms with van der Waals surface area (Å²) < 4.78 is 21.4. The quantitative estimate of drug-likeness (QED) is 0.674. The Balaban J connectivity index is 1.75. The number of hydrogen-bond acceptors (Lipinski definition) is 6. The number of halogens is 1. The minimum absolute atomic E-state index is 0.126. The Hall–Kier alpha value is -1.50.